The Kier molecular flexibility index (Phi) is 7.36. The predicted molar refractivity (Wildman–Crippen MR) is 86.1 cm³/mol. The van der Waals surface area contributed by atoms with Crippen LogP contribution in [0.3, 0.4) is 0 Å². The van der Waals surface area contributed by atoms with Gasteiger partial charge in [0.25, 0.3) is 0 Å². The van der Waals surface area contributed by atoms with Gasteiger partial charge in [-0.2, -0.15) is 0 Å². The Bertz CT molecular complexity index is 482. The van der Waals surface area contributed by atoms with E-state index in [-0.39, 0.29) is 12.3 Å². The van der Waals surface area contributed by atoms with E-state index in [2.05, 4.69) is 4.74 Å². The van der Waals surface area contributed by atoms with Gasteiger partial charge in [-0.3, -0.25) is 4.79 Å². The molecule has 1 saturated heterocycles. The standard InChI is InChI=1S/C18H26O5/c1-21-17(20)10-3-2-9-16(19)14-7-6-8-15(13-14)23-18-11-4-5-12-22-18/h6-8,13,16,18-19H,2-5,9-12H2,1H3. The van der Waals surface area contributed by atoms with Crippen LogP contribution in [0.1, 0.15) is 56.6 Å². The van der Waals surface area contributed by atoms with Crippen molar-refractivity contribution in [1.29, 1.82) is 0 Å². The van der Waals surface area contributed by atoms with Crippen LogP contribution in [-0.4, -0.2) is 31.1 Å². The fourth-order valence-electron chi connectivity index (χ4n) is 2.63. The highest BCUT2D eigenvalue weighted by Gasteiger charge is 2.16. The molecule has 0 amide bonds. The first-order valence-corrected chi connectivity index (χ1v) is 8.32. The number of aliphatic hydroxyl groups excluding tert-OH is 1. The maximum atomic E-state index is 11.0. The van der Waals surface area contributed by atoms with Gasteiger partial charge in [0, 0.05) is 12.8 Å². The predicted octanol–water partition coefficient (Wildman–Crippen LogP) is 3.36. The smallest absolute Gasteiger partial charge is 0.305 e. The maximum absolute atomic E-state index is 11.0. The molecule has 0 bridgehead atoms. The lowest BCUT2D eigenvalue weighted by molar-refractivity contribution is -0.140. The highest BCUT2D eigenvalue weighted by molar-refractivity contribution is 5.68. The number of rotatable bonds is 8. The van der Waals surface area contributed by atoms with Crippen molar-refractivity contribution in [2.24, 2.45) is 0 Å². The molecule has 128 valence electrons. The van der Waals surface area contributed by atoms with Gasteiger partial charge in [0.15, 0.2) is 6.29 Å². The summed E-state index contributed by atoms with van der Waals surface area (Å²) in [6.07, 6.45) is 4.87. The molecule has 5 nitrogen and oxygen atoms in total. The van der Waals surface area contributed by atoms with Crippen molar-refractivity contribution >= 4 is 5.97 Å². The number of methoxy groups -OCH3 is 1. The van der Waals surface area contributed by atoms with E-state index in [9.17, 15) is 9.90 Å². The molecule has 0 saturated carbocycles. The highest BCUT2D eigenvalue weighted by atomic mass is 16.7. The Labute approximate surface area is 137 Å². The largest absolute Gasteiger partial charge is 0.469 e. The van der Waals surface area contributed by atoms with E-state index in [1.165, 1.54) is 7.11 Å². The summed E-state index contributed by atoms with van der Waals surface area (Å²) in [5.41, 5.74) is 0.830. The lowest BCUT2D eigenvalue weighted by Gasteiger charge is -2.24. The number of carbonyl (C=O) groups is 1. The summed E-state index contributed by atoms with van der Waals surface area (Å²) in [5.74, 6) is 0.519. The minimum absolute atomic E-state index is 0.184. The number of ether oxygens (including phenoxy) is 3. The molecule has 1 aliphatic heterocycles. The number of hydrogen-bond acceptors (Lipinski definition) is 5. The Balaban J connectivity index is 1.79. The van der Waals surface area contributed by atoms with E-state index in [1.54, 1.807) is 0 Å². The Morgan fingerprint density at radius 3 is 3.00 bits per heavy atom. The average molecular weight is 322 g/mol. The zero-order valence-corrected chi connectivity index (χ0v) is 13.7. The van der Waals surface area contributed by atoms with E-state index >= 15 is 0 Å². The second kappa shape index (κ2) is 9.53. The van der Waals surface area contributed by atoms with E-state index in [4.69, 9.17) is 9.47 Å². The topological polar surface area (TPSA) is 65.0 Å². The summed E-state index contributed by atoms with van der Waals surface area (Å²) in [6, 6.07) is 7.51. The second-order valence-corrected chi connectivity index (χ2v) is 5.82. The molecule has 2 atom stereocenters. The number of unbranched alkanes of at least 4 members (excludes halogenated alkanes) is 1. The van der Waals surface area contributed by atoms with Crippen molar-refractivity contribution in [3.63, 3.8) is 0 Å². The molecular formula is C18H26O5. The molecule has 1 aromatic carbocycles. The fraction of sp³-hybridized carbons (Fsp3) is 0.611. The van der Waals surface area contributed by atoms with Crippen molar-refractivity contribution in [2.75, 3.05) is 13.7 Å². The van der Waals surface area contributed by atoms with Gasteiger partial charge in [-0.05, 0) is 49.8 Å². The molecule has 1 heterocycles. The Hall–Kier alpha value is -1.59. The zero-order chi connectivity index (χ0) is 16.5. The third-order valence-electron chi connectivity index (χ3n) is 3.98. The molecule has 2 rings (SSSR count). The van der Waals surface area contributed by atoms with Gasteiger partial charge in [-0.25, -0.2) is 0 Å². The van der Waals surface area contributed by atoms with Crippen LogP contribution >= 0.6 is 0 Å². The first kappa shape index (κ1) is 17.8. The third-order valence-corrected chi connectivity index (χ3v) is 3.98. The van der Waals surface area contributed by atoms with Crippen LogP contribution in [0.4, 0.5) is 0 Å². The molecule has 5 heteroatoms. The minimum atomic E-state index is -0.552. The van der Waals surface area contributed by atoms with Gasteiger partial charge in [-0.1, -0.05) is 12.1 Å². The van der Waals surface area contributed by atoms with E-state index < -0.39 is 6.10 Å². The molecule has 0 radical (unpaired) electrons. The monoisotopic (exact) mass is 322 g/mol. The van der Waals surface area contributed by atoms with E-state index in [0.717, 1.165) is 50.0 Å². The van der Waals surface area contributed by atoms with Crippen LogP contribution < -0.4 is 4.74 Å². The molecule has 1 N–H and O–H groups in total. The average Bonchev–Trinajstić information content (AvgIpc) is 2.59. The molecule has 1 fully saturated rings. The second-order valence-electron chi connectivity index (χ2n) is 5.82. The van der Waals surface area contributed by atoms with Gasteiger partial charge in [0.05, 0.1) is 19.8 Å². The first-order valence-electron chi connectivity index (χ1n) is 8.32. The van der Waals surface area contributed by atoms with Crippen molar-refractivity contribution in [2.45, 2.75) is 57.3 Å². The minimum Gasteiger partial charge on any atom is -0.469 e. The van der Waals surface area contributed by atoms with Crippen LogP contribution in [0.25, 0.3) is 0 Å². The quantitative estimate of drug-likeness (QED) is 0.587. The summed E-state index contributed by atoms with van der Waals surface area (Å²) >= 11 is 0. The Morgan fingerprint density at radius 2 is 2.26 bits per heavy atom. The molecule has 1 aromatic rings. The zero-order valence-electron chi connectivity index (χ0n) is 13.7. The van der Waals surface area contributed by atoms with Crippen LogP contribution in [0, 0.1) is 0 Å². The summed E-state index contributed by atoms with van der Waals surface area (Å²) < 4.78 is 16.0. The normalized spacial score (nSPS) is 19.1. The molecule has 0 aromatic heterocycles. The maximum Gasteiger partial charge on any atom is 0.305 e. The summed E-state index contributed by atoms with van der Waals surface area (Å²) in [4.78, 5) is 11.0. The van der Waals surface area contributed by atoms with Crippen molar-refractivity contribution in [3.8, 4) is 5.75 Å². The van der Waals surface area contributed by atoms with Gasteiger partial charge >= 0.3 is 5.97 Å². The fourth-order valence-corrected chi connectivity index (χ4v) is 2.63. The van der Waals surface area contributed by atoms with Gasteiger partial charge in [0.2, 0.25) is 0 Å². The lowest BCUT2D eigenvalue weighted by Crippen LogP contribution is -2.25. The van der Waals surface area contributed by atoms with E-state index in [1.807, 2.05) is 24.3 Å². The van der Waals surface area contributed by atoms with Crippen LogP contribution in [-0.2, 0) is 14.3 Å². The van der Waals surface area contributed by atoms with Gasteiger partial charge < -0.3 is 19.3 Å². The first-order chi connectivity index (χ1) is 11.2. The van der Waals surface area contributed by atoms with Crippen LogP contribution in [0.5, 0.6) is 5.75 Å². The lowest BCUT2D eigenvalue weighted by atomic mass is 10.0. The summed E-state index contributed by atoms with van der Waals surface area (Å²) in [5, 5.41) is 10.3. The summed E-state index contributed by atoms with van der Waals surface area (Å²) in [6.45, 7) is 0.743. The number of aliphatic hydroxyl groups is 1. The highest BCUT2D eigenvalue weighted by Crippen LogP contribution is 2.25. The van der Waals surface area contributed by atoms with Crippen LogP contribution in [0.2, 0.25) is 0 Å². The summed E-state index contributed by atoms with van der Waals surface area (Å²) in [7, 11) is 1.39. The SMILES string of the molecule is COC(=O)CCCCC(O)c1cccc(OC2CCCCO2)c1. The van der Waals surface area contributed by atoms with Crippen molar-refractivity contribution < 1.29 is 24.1 Å². The molecule has 23 heavy (non-hydrogen) atoms. The number of hydrogen-bond donors (Lipinski definition) is 1. The molecule has 2 unspecified atom stereocenters. The molecule has 0 spiro atoms. The number of benzene rings is 1. The number of esters is 1. The van der Waals surface area contributed by atoms with Crippen LogP contribution in [0.15, 0.2) is 24.3 Å². The molecule has 0 aliphatic carbocycles. The van der Waals surface area contributed by atoms with Crippen molar-refractivity contribution in [1.82, 2.24) is 0 Å². The Morgan fingerprint density at radius 1 is 1.39 bits per heavy atom. The van der Waals surface area contributed by atoms with Gasteiger partial charge in [0.1, 0.15) is 5.75 Å². The molecule has 1 aliphatic rings. The van der Waals surface area contributed by atoms with E-state index in [0.29, 0.717) is 12.8 Å². The van der Waals surface area contributed by atoms with Gasteiger partial charge in [-0.15, -0.1) is 0 Å². The van der Waals surface area contributed by atoms with Crippen molar-refractivity contribution in [3.05, 3.63) is 29.8 Å². The third kappa shape index (κ3) is 6.20. The molecular weight excluding hydrogens is 296 g/mol. The number of carbonyl (C=O) groups excluding carboxylic acids is 1.